The Hall–Kier alpha value is -2.59. The van der Waals surface area contributed by atoms with Gasteiger partial charge in [0.05, 0.1) is 13.0 Å². The first-order chi connectivity index (χ1) is 11.7. The fourth-order valence-corrected chi connectivity index (χ4v) is 3.06. The molecule has 0 aliphatic heterocycles. The van der Waals surface area contributed by atoms with Gasteiger partial charge in [-0.05, 0) is 18.1 Å². The summed E-state index contributed by atoms with van der Waals surface area (Å²) in [5.41, 5.74) is 2.08. The van der Waals surface area contributed by atoms with Crippen molar-refractivity contribution in [3.05, 3.63) is 71.5 Å². The van der Waals surface area contributed by atoms with Gasteiger partial charge in [0.15, 0.2) is 0 Å². The lowest BCUT2D eigenvalue weighted by Crippen LogP contribution is -2.15. The molecule has 0 spiro atoms. The van der Waals surface area contributed by atoms with Crippen molar-refractivity contribution in [1.82, 2.24) is 0 Å². The highest BCUT2D eigenvalue weighted by Gasteiger charge is 2.31. The summed E-state index contributed by atoms with van der Waals surface area (Å²) in [7, 11) is 1.38. The molecule has 3 rings (SSSR count). The van der Waals surface area contributed by atoms with Gasteiger partial charge in [0.25, 0.3) is 0 Å². The Bertz CT molecular complexity index is 835. The number of para-hydroxylation sites is 1. The predicted molar refractivity (Wildman–Crippen MR) is 91.8 cm³/mol. The average molecular weight is 324 g/mol. The Morgan fingerprint density at radius 3 is 2.46 bits per heavy atom. The smallest absolute Gasteiger partial charge is 0.313 e. The van der Waals surface area contributed by atoms with Crippen molar-refractivity contribution in [2.75, 3.05) is 7.11 Å². The number of fused-ring (bicyclic) bond motifs is 1. The molecule has 0 fully saturated rings. The van der Waals surface area contributed by atoms with Crippen LogP contribution in [0.3, 0.4) is 0 Å². The number of aliphatic hydroxyl groups excluding tert-OH is 1. The molecule has 3 aromatic rings. The molecule has 1 N–H and O–H groups in total. The van der Waals surface area contributed by atoms with Crippen molar-refractivity contribution < 1.29 is 19.1 Å². The summed E-state index contributed by atoms with van der Waals surface area (Å²) < 4.78 is 10.9. The number of methoxy groups -OCH3 is 1. The molecule has 124 valence electrons. The highest BCUT2D eigenvalue weighted by atomic mass is 16.5. The van der Waals surface area contributed by atoms with Crippen LogP contribution in [0.25, 0.3) is 11.0 Å². The predicted octanol–water partition coefficient (Wildman–Crippen LogP) is 4.18. The number of rotatable bonds is 5. The number of hydrogen-bond acceptors (Lipinski definition) is 4. The Morgan fingerprint density at radius 2 is 1.79 bits per heavy atom. The van der Waals surface area contributed by atoms with E-state index in [1.165, 1.54) is 7.11 Å². The van der Waals surface area contributed by atoms with Gasteiger partial charge in [-0.3, -0.25) is 4.79 Å². The number of aliphatic hydroxyl groups is 1. The number of furan rings is 1. The summed E-state index contributed by atoms with van der Waals surface area (Å²) in [6.07, 6.45) is -0.377. The van der Waals surface area contributed by atoms with E-state index in [-0.39, 0.29) is 5.97 Å². The monoisotopic (exact) mass is 324 g/mol. The van der Waals surface area contributed by atoms with Crippen LogP contribution in [0.1, 0.15) is 42.3 Å². The third-order valence-corrected chi connectivity index (χ3v) is 4.27. The van der Waals surface area contributed by atoms with Crippen LogP contribution in [0, 0.1) is 0 Å². The molecular weight excluding hydrogens is 304 g/mol. The standard InChI is InChI=1S/C20H20O4/c1-3-14(20(22)23-2)17-15-11-7-8-12-16(15)24-19(17)18(21)13-9-5-4-6-10-13/h4-12,14,18,21H,3H2,1-2H3. The van der Waals surface area contributed by atoms with Gasteiger partial charge in [-0.2, -0.15) is 0 Å². The number of hydrogen-bond donors (Lipinski definition) is 1. The van der Waals surface area contributed by atoms with Crippen molar-refractivity contribution in [1.29, 1.82) is 0 Å². The van der Waals surface area contributed by atoms with Crippen molar-refractivity contribution >= 4 is 16.9 Å². The van der Waals surface area contributed by atoms with Crippen molar-refractivity contribution in [2.45, 2.75) is 25.4 Å². The van der Waals surface area contributed by atoms with E-state index in [2.05, 4.69) is 0 Å². The molecule has 24 heavy (non-hydrogen) atoms. The highest BCUT2D eigenvalue weighted by molar-refractivity contribution is 5.90. The first-order valence-corrected chi connectivity index (χ1v) is 7.99. The largest absolute Gasteiger partial charge is 0.469 e. The zero-order valence-electron chi connectivity index (χ0n) is 13.7. The molecule has 0 aliphatic rings. The van der Waals surface area contributed by atoms with Gasteiger partial charge in [-0.25, -0.2) is 0 Å². The summed E-state index contributed by atoms with van der Waals surface area (Å²) in [6, 6.07) is 16.8. The van der Waals surface area contributed by atoms with Crippen molar-refractivity contribution in [2.24, 2.45) is 0 Å². The third kappa shape index (κ3) is 2.81. The molecule has 2 unspecified atom stereocenters. The minimum absolute atomic E-state index is 0.328. The summed E-state index contributed by atoms with van der Waals surface area (Å²) in [4.78, 5) is 12.3. The van der Waals surface area contributed by atoms with Crippen LogP contribution in [0.5, 0.6) is 0 Å². The summed E-state index contributed by atoms with van der Waals surface area (Å²) in [5, 5.41) is 11.7. The second kappa shape index (κ2) is 6.89. The lowest BCUT2D eigenvalue weighted by atomic mass is 9.91. The van der Waals surface area contributed by atoms with Crippen LogP contribution in [-0.2, 0) is 9.53 Å². The van der Waals surface area contributed by atoms with Gasteiger partial charge in [-0.1, -0.05) is 55.5 Å². The Labute approximate surface area is 140 Å². The van der Waals surface area contributed by atoms with Gasteiger partial charge in [0, 0.05) is 10.9 Å². The van der Waals surface area contributed by atoms with Crippen molar-refractivity contribution in [3.8, 4) is 0 Å². The molecular formula is C20H20O4. The first kappa shape index (κ1) is 16.3. The number of benzene rings is 2. The fourth-order valence-electron chi connectivity index (χ4n) is 3.06. The maximum Gasteiger partial charge on any atom is 0.313 e. The molecule has 1 heterocycles. The normalized spacial score (nSPS) is 13.6. The lowest BCUT2D eigenvalue weighted by molar-refractivity contribution is -0.142. The molecule has 0 bridgehead atoms. The lowest BCUT2D eigenvalue weighted by Gasteiger charge is -2.16. The number of ether oxygens (including phenoxy) is 1. The van der Waals surface area contributed by atoms with Crippen LogP contribution in [0.4, 0.5) is 0 Å². The van der Waals surface area contributed by atoms with Crippen LogP contribution < -0.4 is 0 Å². The van der Waals surface area contributed by atoms with E-state index in [1.54, 1.807) is 0 Å². The molecule has 1 aromatic heterocycles. The van der Waals surface area contributed by atoms with E-state index in [1.807, 2.05) is 61.5 Å². The van der Waals surface area contributed by atoms with E-state index >= 15 is 0 Å². The van der Waals surface area contributed by atoms with Crippen LogP contribution in [0.2, 0.25) is 0 Å². The molecule has 0 amide bonds. The van der Waals surface area contributed by atoms with Gasteiger partial charge >= 0.3 is 5.97 Å². The summed E-state index contributed by atoms with van der Waals surface area (Å²) >= 11 is 0. The van der Waals surface area contributed by atoms with Gasteiger partial charge in [0.1, 0.15) is 17.4 Å². The van der Waals surface area contributed by atoms with Gasteiger partial charge in [-0.15, -0.1) is 0 Å². The zero-order chi connectivity index (χ0) is 17.1. The number of carbonyl (C=O) groups excluding carboxylic acids is 1. The van der Waals surface area contributed by atoms with Gasteiger partial charge in [0.2, 0.25) is 0 Å². The van der Waals surface area contributed by atoms with E-state index in [4.69, 9.17) is 9.15 Å². The average Bonchev–Trinajstić information content (AvgIpc) is 3.02. The van der Waals surface area contributed by atoms with Crippen molar-refractivity contribution in [3.63, 3.8) is 0 Å². The molecule has 0 aliphatic carbocycles. The molecule has 0 saturated heterocycles. The first-order valence-electron chi connectivity index (χ1n) is 7.99. The minimum atomic E-state index is -0.938. The molecule has 4 nitrogen and oxygen atoms in total. The minimum Gasteiger partial charge on any atom is -0.469 e. The Balaban J connectivity index is 2.20. The van der Waals surface area contributed by atoms with Gasteiger partial charge < -0.3 is 14.3 Å². The topological polar surface area (TPSA) is 59.7 Å². The van der Waals surface area contributed by atoms with Crippen LogP contribution >= 0.6 is 0 Å². The molecule has 0 radical (unpaired) electrons. The Morgan fingerprint density at radius 1 is 1.12 bits per heavy atom. The van der Waals surface area contributed by atoms with Crippen LogP contribution in [-0.4, -0.2) is 18.2 Å². The second-order valence-electron chi connectivity index (χ2n) is 5.67. The third-order valence-electron chi connectivity index (χ3n) is 4.27. The van der Waals surface area contributed by atoms with E-state index in [0.29, 0.717) is 23.3 Å². The quantitative estimate of drug-likeness (QED) is 0.715. The molecule has 0 saturated carbocycles. The zero-order valence-corrected chi connectivity index (χ0v) is 13.7. The number of carbonyl (C=O) groups is 1. The highest BCUT2D eigenvalue weighted by Crippen LogP contribution is 2.39. The Kier molecular flexibility index (Phi) is 4.67. The van der Waals surface area contributed by atoms with E-state index in [9.17, 15) is 9.90 Å². The maximum atomic E-state index is 12.3. The summed E-state index contributed by atoms with van der Waals surface area (Å²) in [5.74, 6) is -0.405. The molecule has 2 aromatic carbocycles. The SMILES string of the molecule is CCC(C(=O)OC)c1c(C(O)c2ccccc2)oc2ccccc12. The van der Waals surface area contributed by atoms with E-state index in [0.717, 1.165) is 10.9 Å². The van der Waals surface area contributed by atoms with E-state index < -0.39 is 12.0 Å². The number of esters is 1. The maximum absolute atomic E-state index is 12.3. The van der Waals surface area contributed by atoms with Crippen LogP contribution in [0.15, 0.2) is 59.0 Å². The fraction of sp³-hybridized carbons (Fsp3) is 0.250. The summed E-state index contributed by atoms with van der Waals surface area (Å²) in [6.45, 7) is 1.92. The second-order valence-corrected chi connectivity index (χ2v) is 5.67. The molecule has 2 atom stereocenters. The molecule has 4 heteroatoms.